The van der Waals surface area contributed by atoms with Gasteiger partial charge in [-0.25, -0.2) is 0 Å². The van der Waals surface area contributed by atoms with Crippen LogP contribution < -0.4 is 10.6 Å². The maximum absolute atomic E-state index is 6.23. The highest BCUT2D eigenvalue weighted by Gasteiger charge is 2.15. The molecule has 1 aliphatic carbocycles. The summed E-state index contributed by atoms with van der Waals surface area (Å²) in [6.45, 7) is 2.12. The van der Waals surface area contributed by atoms with Crippen molar-refractivity contribution in [1.29, 1.82) is 0 Å². The number of halogens is 2. The van der Waals surface area contributed by atoms with E-state index < -0.39 is 0 Å². The highest BCUT2D eigenvalue weighted by Crippen LogP contribution is 2.28. The van der Waals surface area contributed by atoms with Crippen molar-refractivity contribution in [3.8, 4) is 0 Å². The van der Waals surface area contributed by atoms with E-state index in [0.717, 1.165) is 33.9 Å². The summed E-state index contributed by atoms with van der Waals surface area (Å²) in [6, 6.07) is 7.47. The van der Waals surface area contributed by atoms with E-state index in [1.54, 1.807) is 10.9 Å². The molecule has 2 heterocycles. The van der Waals surface area contributed by atoms with Gasteiger partial charge in [-0.3, -0.25) is 4.68 Å². The largest absolute Gasteiger partial charge is 0.339 e. The van der Waals surface area contributed by atoms with Gasteiger partial charge >= 0.3 is 0 Å². The first-order chi connectivity index (χ1) is 13.0. The number of fused-ring (bicyclic) bond motifs is 1. The molecule has 3 aromatic rings. The highest BCUT2D eigenvalue weighted by molar-refractivity contribution is 6.31. The van der Waals surface area contributed by atoms with Crippen LogP contribution in [0.15, 0.2) is 53.3 Å². The van der Waals surface area contributed by atoms with Crippen molar-refractivity contribution in [2.24, 2.45) is 13.0 Å². The van der Waals surface area contributed by atoms with Crippen LogP contribution in [0.1, 0.15) is 13.3 Å². The first-order valence-electron chi connectivity index (χ1n) is 8.55. The number of nitrogens with one attached hydrogen (secondary N) is 2. The molecule has 0 spiro atoms. The SMILES string of the molecule is CC1C=C(Nc2nc(Nc3cccc(Cl)c3)c3cnn(C)c3n2)C=C(Cl)C1. The van der Waals surface area contributed by atoms with Crippen molar-refractivity contribution in [2.45, 2.75) is 13.3 Å². The average Bonchev–Trinajstić information content (AvgIpc) is 2.95. The quantitative estimate of drug-likeness (QED) is 0.628. The Bertz CT molecular complexity index is 1070. The summed E-state index contributed by atoms with van der Waals surface area (Å²) < 4.78 is 1.71. The van der Waals surface area contributed by atoms with E-state index in [-0.39, 0.29) is 0 Å². The number of aryl methyl sites for hydroxylation is 1. The second-order valence-corrected chi connectivity index (χ2v) is 7.48. The molecule has 2 aromatic heterocycles. The zero-order chi connectivity index (χ0) is 19.0. The van der Waals surface area contributed by atoms with Crippen LogP contribution in [0.3, 0.4) is 0 Å². The monoisotopic (exact) mass is 400 g/mol. The third-order valence-electron chi connectivity index (χ3n) is 4.23. The van der Waals surface area contributed by atoms with E-state index in [4.69, 9.17) is 23.2 Å². The Morgan fingerprint density at radius 1 is 1.19 bits per heavy atom. The highest BCUT2D eigenvalue weighted by atomic mass is 35.5. The van der Waals surface area contributed by atoms with Gasteiger partial charge < -0.3 is 10.6 Å². The summed E-state index contributed by atoms with van der Waals surface area (Å²) in [4.78, 5) is 9.24. The molecule has 0 bridgehead atoms. The summed E-state index contributed by atoms with van der Waals surface area (Å²) in [7, 11) is 1.85. The first-order valence-corrected chi connectivity index (χ1v) is 9.31. The predicted molar refractivity (Wildman–Crippen MR) is 110 cm³/mol. The average molecular weight is 401 g/mol. The normalized spacial score (nSPS) is 16.8. The standard InChI is InChI=1S/C19H18Cl2N6/c1-11-6-13(21)9-15(7-11)24-19-25-17(16-10-22-27(2)18(16)26-19)23-14-5-3-4-12(20)8-14/h3-5,7-11H,6H2,1-2H3,(H2,23,24,25,26). The molecule has 0 saturated heterocycles. The number of hydrogen-bond donors (Lipinski definition) is 2. The molecule has 138 valence electrons. The van der Waals surface area contributed by atoms with E-state index in [1.165, 1.54) is 0 Å². The minimum absolute atomic E-state index is 0.356. The Morgan fingerprint density at radius 3 is 2.81 bits per heavy atom. The van der Waals surface area contributed by atoms with Gasteiger partial charge in [0.25, 0.3) is 0 Å². The van der Waals surface area contributed by atoms with Crippen LogP contribution in [0.2, 0.25) is 5.02 Å². The minimum atomic E-state index is 0.356. The van der Waals surface area contributed by atoms with Gasteiger partial charge in [0.1, 0.15) is 5.82 Å². The number of hydrogen-bond acceptors (Lipinski definition) is 5. The van der Waals surface area contributed by atoms with Crippen LogP contribution in [-0.2, 0) is 7.05 Å². The lowest BCUT2D eigenvalue weighted by Crippen LogP contribution is -2.09. The lowest BCUT2D eigenvalue weighted by Gasteiger charge is -2.16. The second-order valence-electron chi connectivity index (χ2n) is 6.56. The smallest absolute Gasteiger partial charge is 0.231 e. The van der Waals surface area contributed by atoms with Crippen LogP contribution in [0.4, 0.5) is 17.5 Å². The maximum atomic E-state index is 6.23. The molecule has 0 saturated carbocycles. The molecule has 0 amide bonds. The van der Waals surface area contributed by atoms with Crippen molar-refractivity contribution in [3.05, 3.63) is 58.4 Å². The Morgan fingerprint density at radius 2 is 2.04 bits per heavy atom. The van der Waals surface area contributed by atoms with Crippen molar-refractivity contribution in [1.82, 2.24) is 19.7 Å². The summed E-state index contributed by atoms with van der Waals surface area (Å²) >= 11 is 12.3. The van der Waals surface area contributed by atoms with Gasteiger partial charge in [0.15, 0.2) is 5.65 Å². The maximum Gasteiger partial charge on any atom is 0.231 e. The molecule has 0 radical (unpaired) electrons. The number of benzene rings is 1. The van der Waals surface area contributed by atoms with Crippen LogP contribution >= 0.6 is 23.2 Å². The fourth-order valence-electron chi connectivity index (χ4n) is 3.03. The van der Waals surface area contributed by atoms with E-state index in [0.29, 0.717) is 22.7 Å². The van der Waals surface area contributed by atoms with Gasteiger partial charge in [-0.05, 0) is 36.6 Å². The fourth-order valence-corrected chi connectivity index (χ4v) is 3.58. The zero-order valence-electron chi connectivity index (χ0n) is 14.9. The molecule has 2 N–H and O–H groups in total. The van der Waals surface area contributed by atoms with E-state index >= 15 is 0 Å². The Labute approximate surface area is 166 Å². The van der Waals surface area contributed by atoms with Crippen molar-refractivity contribution in [3.63, 3.8) is 0 Å². The van der Waals surface area contributed by atoms with E-state index in [1.807, 2.05) is 37.4 Å². The fraction of sp³-hybridized carbons (Fsp3) is 0.211. The van der Waals surface area contributed by atoms with Crippen LogP contribution in [0.25, 0.3) is 11.0 Å². The predicted octanol–water partition coefficient (Wildman–Crippen LogP) is 5.22. The Hall–Kier alpha value is -2.57. The summed E-state index contributed by atoms with van der Waals surface area (Å²) in [5.41, 5.74) is 2.44. The molecule has 0 fully saturated rings. The Balaban J connectivity index is 1.73. The number of allylic oxidation sites excluding steroid dienone is 3. The van der Waals surface area contributed by atoms with Gasteiger partial charge in [0.05, 0.1) is 11.6 Å². The Kier molecular flexibility index (Phi) is 4.76. The molecule has 1 unspecified atom stereocenters. The van der Waals surface area contributed by atoms with Gasteiger partial charge in [-0.2, -0.15) is 15.1 Å². The van der Waals surface area contributed by atoms with Gasteiger partial charge in [0.2, 0.25) is 5.95 Å². The molecule has 4 rings (SSSR count). The van der Waals surface area contributed by atoms with Gasteiger partial charge in [0, 0.05) is 28.5 Å². The lowest BCUT2D eigenvalue weighted by atomic mass is 10.0. The summed E-state index contributed by atoms with van der Waals surface area (Å²) in [5.74, 6) is 1.48. The first kappa shape index (κ1) is 17.8. The van der Waals surface area contributed by atoms with Crippen LogP contribution in [0, 0.1) is 5.92 Å². The van der Waals surface area contributed by atoms with E-state index in [2.05, 4.69) is 38.7 Å². The molecular formula is C19H18Cl2N6. The number of nitrogens with zero attached hydrogens (tertiary/aromatic N) is 4. The molecule has 0 aliphatic heterocycles. The molecule has 1 aliphatic rings. The molecule has 1 aromatic carbocycles. The molecule has 6 nitrogen and oxygen atoms in total. The van der Waals surface area contributed by atoms with Gasteiger partial charge in [-0.15, -0.1) is 0 Å². The third kappa shape index (κ3) is 3.91. The summed E-state index contributed by atoms with van der Waals surface area (Å²) in [5, 5.41) is 13.1. The van der Waals surface area contributed by atoms with Crippen molar-refractivity contribution < 1.29 is 0 Å². The molecule has 27 heavy (non-hydrogen) atoms. The number of rotatable bonds is 4. The molecular weight excluding hydrogens is 383 g/mol. The molecule has 1 atom stereocenters. The van der Waals surface area contributed by atoms with Gasteiger partial charge in [-0.1, -0.05) is 42.3 Å². The second kappa shape index (κ2) is 7.21. The summed E-state index contributed by atoms with van der Waals surface area (Å²) in [6.07, 6.45) is 6.61. The third-order valence-corrected chi connectivity index (χ3v) is 4.73. The van der Waals surface area contributed by atoms with Crippen LogP contribution in [0.5, 0.6) is 0 Å². The molecule has 8 heteroatoms. The number of aromatic nitrogens is 4. The van der Waals surface area contributed by atoms with E-state index in [9.17, 15) is 0 Å². The zero-order valence-corrected chi connectivity index (χ0v) is 16.4. The minimum Gasteiger partial charge on any atom is -0.339 e. The number of anilines is 3. The van der Waals surface area contributed by atoms with Crippen LogP contribution in [-0.4, -0.2) is 19.7 Å². The topological polar surface area (TPSA) is 67.7 Å². The lowest BCUT2D eigenvalue weighted by molar-refractivity contribution is 0.721. The van der Waals surface area contributed by atoms with Crippen molar-refractivity contribution in [2.75, 3.05) is 10.6 Å². The van der Waals surface area contributed by atoms with Crippen molar-refractivity contribution >= 4 is 51.7 Å².